The van der Waals surface area contributed by atoms with Gasteiger partial charge in [0.1, 0.15) is 11.6 Å². The Morgan fingerprint density at radius 3 is 2.67 bits per heavy atom. The molecule has 33 heavy (non-hydrogen) atoms. The summed E-state index contributed by atoms with van der Waals surface area (Å²) in [5.41, 5.74) is 2.02. The van der Waals surface area contributed by atoms with Crippen molar-refractivity contribution in [2.75, 3.05) is 11.9 Å². The number of nitrogens with one attached hydrogen (secondary N) is 1. The van der Waals surface area contributed by atoms with Crippen molar-refractivity contribution in [1.29, 1.82) is 0 Å². The molecule has 1 amide bonds. The Balaban J connectivity index is 1.63. The standard InChI is InChI=1S/C24H22FN5O2S/c1-3-32-21-11-9-20(10-12-21)30-22(17-6-5-13-26-15-17)28-29-24(30)33-16(2)23(31)27-19-8-4-7-18(25)14-19/h4-16H,3H2,1-2H3,(H,27,31). The van der Waals surface area contributed by atoms with E-state index in [2.05, 4.69) is 20.5 Å². The van der Waals surface area contributed by atoms with E-state index in [9.17, 15) is 9.18 Å². The van der Waals surface area contributed by atoms with E-state index in [1.807, 2.05) is 47.9 Å². The number of hydrogen-bond donors (Lipinski definition) is 1. The molecule has 0 saturated heterocycles. The predicted molar refractivity (Wildman–Crippen MR) is 126 cm³/mol. The Morgan fingerprint density at radius 1 is 1.15 bits per heavy atom. The van der Waals surface area contributed by atoms with Crippen molar-refractivity contribution in [3.05, 3.63) is 78.9 Å². The van der Waals surface area contributed by atoms with Gasteiger partial charge in [-0.25, -0.2) is 4.39 Å². The smallest absolute Gasteiger partial charge is 0.237 e. The Bertz CT molecular complexity index is 1230. The number of rotatable bonds is 8. The number of benzene rings is 2. The van der Waals surface area contributed by atoms with Gasteiger partial charge in [0.15, 0.2) is 11.0 Å². The number of amides is 1. The lowest BCUT2D eigenvalue weighted by atomic mass is 10.2. The maximum atomic E-state index is 13.5. The number of carbonyl (C=O) groups is 1. The van der Waals surface area contributed by atoms with Crippen LogP contribution in [0.5, 0.6) is 5.75 Å². The number of aromatic nitrogens is 4. The van der Waals surface area contributed by atoms with Gasteiger partial charge in [0, 0.05) is 29.3 Å². The zero-order chi connectivity index (χ0) is 23.2. The fourth-order valence-electron chi connectivity index (χ4n) is 3.14. The normalized spacial score (nSPS) is 11.7. The fraction of sp³-hybridized carbons (Fsp3) is 0.167. The minimum absolute atomic E-state index is 0.269. The van der Waals surface area contributed by atoms with Crippen LogP contribution in [0.3, 0.4) is 0 Å². The topological polar surface area (TPSA) is 81.9 Å². The molecule has 2 heterocycles. The summed E-state index contributed by atoms with van der Waals surface area (Å²) in [6, 6.07) is 17.1. The number of ether oxygens (including phenoxy) is 1. The number of hydrogen-bond acceptors (Lipinski definition) is 6. The molecule has 2 aromatic carbocycles. The highest BCUT2D eigenvalue weighted by atomic mass is 32.2. The summed E-state index contributed by atoms with van der Waals surface area (Å²) in [7, 11) is 0. The molecule has 2 aromatic heterocycles. The molecule has 0 saturated carbocycles. The molecule has 0 aliphatic rings. The van der Waals surface area contributed by atoms with Crippen LogP contribution in [0.2, 0.25) is 0 Å². The first kappa shape index (κ1) is 22.5. The molecule has 0 aliphatic carbocycles. The second-order valence-corrected chi connectivity index (χ2v) is 8.38. The predicted octanol–water partition coefficient (Wildman–Crippen LogP) is 4.99. The van der Waals surface area contributed by atoms with Crippen LogP contribution in [0, 0.1) is 5.82 Å². The molecule has 4 aromatic rings. The van der Waals surface area contributed by atoms with E-state index >= 15 is 0 Å². The van der Waals surface area contributed by atoms with E-state index in [-0.39, 0.29) is 5.91 Å². The Labute approximate surface area is 195 Å². The zero-order valence-electron chi connectivity index (χ0n) is 18.1. The highest BCUT2D eigenvalue weighted by Crippen LogP contribution is 2.31. The summed E-state index contributed by atoms with van der Waals surface area (Å²) >= 11 is 1.26. The molecule has 0 fully saturated rings. The van der Waals surface area contributed by atoms with Crippen molar-refractivity contribution in [2.24, 2.45) is 0 Å². The monoisotopic (exact) mass is 463 g/mol. The van der Waals surface area contributed by atoms with E-state index < -0.39 is 11.1 Å². The SMILES string of the molecule is CCOc1ccc(-n2c(SC(C)C(=O)Nc3cccc(F)c3)nnc2-c2cccnc2)cc1. The van der Waals surface area contributed by atoms with Crippen LogP contribution >= 0.6 is 11.8 Å². The minimum Gasteiger partial charge on any atom is -0.494 e. The Kier molecular flexibility index (Phi) is 6.99. The van der Waals surface area contributed by atoms with Crippen molar-refractivity contribution < 1.29 is 13.9 Å². The molecule has 0 bridgehead atoms. The maximum Gasteiger partial charge on any atom is 0.237 e. The van der Waals surface area contributed by atoms with Crippen LogP contribution in [0.15, 0.2) is 78.2 Å². The Morgan fingerprint density at radius 2 is 1.97 bits per heavy atom. The first-order chi connectivity index (χ1) is 16.0. The van der Waals surface area contributed by atoms with Crippen molar-refractivity contribution in [1.82, 2.24) is 19.7 Å². The first-order valence-corrected chi connectivity index (χ1v) is 11.2. The molecule has 168 valence electrons. The summed E-state index contributed by atoms with van der Waals surface area (Å²) in [5.74, 6) is 0.682. The molecule has 0 aliphatic heterocycles. The summed E-state index contributed by atoms with van der Waals surface area (Å²) in [4.78, 5) is 16.9. The number of carbonyl (C=O) groups excluding carboxylic acids is 1. The zero-order valence-corrected chi connectivity index (χ0v) is 18.9. The highest BCUT2D eigenvalue weighted by molar-refractivity contribution is 8.00. The third-order valence-corrected chi connectivity index (χ3v) is 5.75. The molecule has 7 nitrogen and oxygen atoms in total. The van der Waals surface area contributed by atoms with E-state index in [1.54, 1.807) is 31.5 Å². The average Bonchev–Trinajstić information content (AvgIpc) is 3.24. The van der Waals surface area contributed by atoms with E-state index in [0.29, 0.717) is 23.3 Å². The number of anilines is 1. The van der Waals surface area contributed by atoms with Gasteiger partial charge < -0.3 is 10.1 Å². The van der Waals surface area contributed by atoms with Gasteiger partial charge in [0.2, 0.25) is 5.91 Å². The van der Waals surface area contributed by atoms with E-state index in [1.165, 1.54) is 23.9 Å². The molecule has 1 unspecified atom stereocenters. The van der Waals surface area contributed by atoms with Gasteiger partial charge in [-0.2, -0.15) is 0 Å². The number of nitrogens with zero attached hydrogens (tertiary/aromatic N) is 4. The molecular formula is C24H22FN5O2S. The van der Waals surface area contributed by atoms with Gasteiger partial charge in [-0.15, -0.1) is 10.2 Å². The summed E-state index contributed by atoms with van der Waals surface area (Å²) < 4.78 is 20.9. The van der Waals surface area contributed by atoms with Crippen molar-refractivity contribution in [2.45, 2.75) is 24.3 Å². The number of thioether (sulfide) groups is 1. The van der Waals surface area contributed by atoms with Gasteiger partial charge in [-0.05, 0) is 68.4 Å². The third-order valence-electron chi connectivity index (χ3n) is 4.70. The lowest BCUT2D eigenvalue weighted by molar-refractivity contribution is -0.115. The molecule has 4 rings (SSSR count). The average molecular weight is 464 g/mol. The molecular weight excluding hydrogens is 441 g/mol. The van der Waals surface area contributed by atoms with Crippen LogP contribution < -0.4 is 10.1 Å². The molecule has 1 atom stereocenters. The summed E-state index contributed by atoms with van der Waals surface area (Å²) in [6.45, 7) is 4.27. The maximum absolute atomic E-state index is 13.5. The van der Waals surface area contributed by atoms with Crippen molar-refractivity contribution in [3.63, 3.8) is 0 Å². The van der Waals surface area contributed by atoms with E-state index in [0.717, 1.165) is 17.0 Å². The van der Waals surface area contributed by atoms with E-state index in [4.69, 9.17) is 4.74 Å². The third kappa shape index (κ3) is 5.38. The fourth-order valence-corrected chi connectivity index (χ4v) is 4.01. The van der Waals surface area contributed by atoms with Gasteiger partial charge in [0.05, 0.1) is 11.9 Å². The first-order valence-electron chi connectivity index (χ1n) is 10.4. The van der Waals surface area contributed by atoms with Gasteiger partial charge in [-0.1, -0.05) is 17.8 Å². The molecule has 1 N–H and O–H groups in total. The van der Waals surface area contributed by atoms with Gasteiger partial charge in [-0.3, -0.25) is 14.3 Å². The van der Waals surface area contributed by atoms with Crippen LogP contribution in [-0.4, -0.2) is 37.5 Å². The summed E-state index contributed by atoms with van der Waals surface area (Å²) in [5, 5.41) is 11.5. The highest BCUT2D eigenvalue weighted by Gasteiger charge is 2.22. The van der Waals surface area contributed by atoms with Gasteiger partial charge in [0.25, 0.3) is 0 Å². The van der Waals surface area contributed by atoms with Crippen molar-refractivity contribution >= 4 is 23.4 Å². The largest absolute Gasteiger partial charge is 0.494 e. The summed E-state index contributed by atoms with van der Waals surface area (Å²) in [6.07, 6.45) is 3.40. The number of pyridine rings is 1. The van der Waals surface area contributed by atoms with Crippen LogP contribution in [-0.2, 0) is 4.79 Å². The second-order valence-electron chi connectivity index (χ2n) is 7.07. The quantitative estimate of drug-likeness (QED) is 0.371. The number of halogens is 1. The van der Waals surface area contributed by atoms with Crippen LogP contribution in [0.1, 0.15) is 13.8 Å². The molecule has 9 heteroatoms. The van der Waals surface area contributed by atoms with Gasteiger partial charge >= 0.3 is 0 Å². The van der Waals surface area contributed by atoms with Crippen LogP contribution in [0.25, 0.3) is 17.1 Å². The Hall–Kier alpha value is -3.72. The van der Waals surface area contributed by atoms with Crippen molar-refractivity contribution in [3.8, 4) is 22.8 Å². The lowest BCUT2D eigenvalue weighted by Crippen LogP contribution is -2.23. The molecule has 0 spiro atoms. The lowest BCUT2D eigenvalue weighted by Gasteiger charge is -2.14. The minimum atomic E-state index is -0.513. The second kappa shape index (κ2) is 10.3. The van der Waals surface area contributed by atoms with Crippen LogP contribution in [0.4, 0.5) is 10.1 Å². The molecule has 0 radical (unpaired) electrons.